The lowest BCUT2D eigenvalue weighted by molar-refractivity contribution is 0.259. The predicted octanol–water partition coefficient (Wildman–Crippen LogP) is 6.50. The van der Waals surface area contributed by atoms with E-state index in [1.807, 2.05) is 30.3 Å². The topological polar surface area (TPSA) is 0 Å². The molecule has 22 heavy (non-hydrogen) atoms. The second-order valence-corrected chi connectivity index (χ2v) is 6.55. The monoisotopic (exact) mass is 296 g/mol. The summed E-state index contributed by atoms with van der Waals surface area (Å²) in [5.74, 6) is 1.53. The van der Waals surface area contributed by atoms with Crippen molar-refractivity contribution in [2.75, 3.05) is 0 Å². The summed E-state index contributed by atoms with van der Waals surface area (Å²) in [5, 5.41) is 0. The van der Waals surface area contributed by atoms with Gasteiger partial charge in [0.25, 0.3) is 0 Å². The lowest BCUT2D eigenvalue weighted by Gasteiger charge is -2.27. The molecule has 0 aliphatic heterocycles. The normalized spacial score (nSPS) is 24.2. The third-order valence-corrected chi connectivity index (χ3v) is 5.09. The van der Waals surface area contributed by atoms with Gasteiger partial charge in [0.05, 0.1) is 5.48 Å². The van der Waals surface area contributed by atoms with Gasteiger partial charge in [-0.1, -0.05) is 93.5 Å². The molecule has 0 aromatic heterocycles. The Balaban J connectivity index is 1.81. The van der Waals surface area contributed by atoms with E-state index in [1.165, 1.54) is 32.1 Å². The van der Waals surface area contributed by atoms with E-state index in [0.717, 1.165) is 17.9 Å². The van der Waals surface area contributed by atoms with Crippen molar-refractivity contribution in [3.05, 3.63) is 60.1 Å². The molecule has 2 aromatic rings. The predicted molar refractivity (Wildman–Crippen MR) is 95.9 cm³/mol. The number of rotatable bonds is 5. The lowest BCUT2D eigenvalue weighted by atomic mass is 9.78. The third-order valence-electron chi connectivity index (χ3n) is 5.09. The molecule has 0 bridgehead atoms. The van der Waals surface area contributed by atoms with E-state index in [2.05, 4.69) is 6.92 Å². The summed E-state index contributed by atoms with van der Waals surface area (Å²) in [7, 11) is 0. The zero-order valence-corrected chi connectivity index (χ0v) is 13.5. The van der Waals surface area contributed by atoms with Gasteiger partial charge in [-0.15, -0.1) is 0 Å². The van der Waals surface area contributed by atoms with Gasteiger partial charge in [0.15, 0.2) is 0 Å². The molecule has 1 aliphatic carbocycles. The molecule has 116 valence electrons. The molecule has 0 unspecified atom stereocenters. The molecule has 1 fully saturated rings. The van der Waals surface area contributed by atoms with Crippen LogP contribution < -0.4 is 0 Å². The first-order valence-electron chi connectivity index (χ1n) is 10.7. The quantitative estimate of drug-likeness (QED) is 0.590. The molecule has 0 heterocycles. The summed E-state index contributed by atoms with van der Waals surface area (Å²) in [6.45, 7) is 2.27. The Kier molecular flexibility index (Phi) is 3.83. The second-order valence-electron chi connectivity index (χ2n) is 6.55. The summed E-state index contributed by atoms with van der Waals surface area (Å²) >= 11 is 0. The van der Waals surface area contributed by atoms with Crippen LogP contribution in [-0.4, -0.2) is 0 Å². The van der Waals surface area contributed by atoms with Gasteiger partial charge in [-0.25, -0.2) is 0 Å². The number of benzene rings is 2. The zero-order valence-electron chi connectivity index (χ0n) is 17.5. The van der Waals surface area contributed by atoms with Gasteiger partial charge in [-0.05, 0) is 41.4 Å². The van der Waals surface area contributed by atoms with E-state index in [9.17, 15) is 0 Å². The Morgan fingerprint density at radius 3 is 2.14 bits per heavy atom. The highest BCUT2D eigenvalue weighted by Gasteiger charge is 2.19. The van der Waals surface area contributed by atoms with Crippen LogP contribution in [0.15, 0.2) is 54.5 Å². The summed E-state index contributed by atoms with van der Waals surface area (Å²) < 4.78 is 33.6. The summed E-state index contributed by atoms with van der Waals surface area (Å²) in [4.78, 5) is 0. The van der Waals surface area contributed by atoms with Crippen LogP contribution in [0.5, 0.6) is 0 Å². The minimum Gasteiger partial charge on any atom is -0.0651 e. The fraction of sp³-hybridized carbons (Fsp3) is 0.455. The van der Waals surface area contributed by atoms with E-state index in [-0.39, 0.29) is 24.2 Å². The molecule has 0 radical (unpaired) electrons. The third kappa shape index (κ3) is 4.00. The molecule has 0 saturated heterocycles. The molecular formula is C22H28. The lowest BCUT2D eigenvalue weighted by Crippen LogP contribution is -2.14. The highest BCUT2D eigenvalue weighted by atomic mass is 14.2. The van der Waals surface area contributed by atoms with Crippen molar-refractivity contribution in [2.24, 2.45) is 11.8 Å². The largest absolute Gasteiger partial charge is 0.0651 e. The van der Waals surface area contributed by atoms with Crippen LogP contribution >= 0.6 is 0 Å². The van der Waals surface area contributed by atoms with Gasteiger partial charge >= 0.3 is 0 Å². The van der Waals surface area contributed by atoms with Crippen LogP contribution in [0.25, 0.3) is 11.1 Å². The number of hydrogen-bond donors (Lipinski definition) is 0. The highest BCUT2D eigenvalue weighted by Crippen LogP contribution is 2.33. The van der Waals surface area contributed by atoms with Crippen LogP contribution in [-0.2, 0) is 6.42 Å². The summed E-state index contributed by atoms with van der Waals surface area (Å²) in [6, 6.07) is 9.74. The molecule has 2 aromatic carbocycles. The molecule has 0 atom stereocenters. The van der Waals surface area contributed by atoms with Gasteiger partial charge in [0.2, 0.25) is 0 Å². The maximum atomic E-state index is 8.41. The van der Waals surface area contributed by atoms with E-state index >= 15 is 0 Å². The van der Waals surface area contributed by atoms with Gasteiger partial charge in [0.1, 0.15) is 0 Å². The highest BCUT2D eigenvalue weighted by molar-refractivity contribution is 5.63. The van der Waals surface area contributed by atoms with E-state index in [1.54, 1.807) is 0 Å². The van der Waals surface area contributed by atoms with Gasteiger partial charge in [-0.2, -0.15) is 0 Å². The minimum atomic E-state index is 0.0851. The average molecular weight is 296 g/mol. The average Bonchev–Trinajstić information content (AvgIpc) is 2.68. The van der Waals surface area contributed by atoms with Crippen LogP contribution in [0, 0.1) is 11.8 Å². The van der Waals surface area contributed by atoms with Gasteiger partial charge in [-0.3, -0.25) is 0 Å². The summed E-state index contributed by atoms with van der Waals surface area (Å²) in [5.41, 5.74) is 1.74. The fourth-order valence-electron chi connectivity index (χ4n) is 3.49. The van der Waals surface area contributed by atoms with Crippen molar-refractivity contribution in [1.29, 1.82) is 0 Å². The molecule has 1 saturated carbocycles. The van der Waals surface area contributed by atoms with Crippen molar-refractivity contribution in [3.8, 4) is 11.1 Å². The molecule has 0 N–H and O–H groups in total. The van der Waals surface area contributed by atoms with Crippen LogP contribution in [0.4, 0.5) is 0 Å². The maximum Gasteiger partial charge on any atom is 0.0629 e. The fourth-order valence-corrected chi connectivity index (χ4v) is 3.49. The van der Waals surface area contributed by atoms with Gasteiger partial charge in [0, 0.05) is 0 Å². The first-order chi connectivity index (χ1) is 12.5. The molecule has 0 spiro atoms. The second kappa shape index (κ2) is 7.63. The molecular weight excluding hydrogens is 264 g/mol. The maximum absolute atomic E-state index is 8.41. The van der Waals surface area contributed by atoms with Gasteiger partial charge < -0.3 is 0 Å². The standard InChI is InChI=1S/C22H28/c1-2-18-8-10-19(11-9-18)12-13-20-14-16-22(17-15-20)21-6-4-3-5-7-21/h3-7,14-19H,2,8-13H2,1H3/i14D,15D,16D,17D. The van der Waals surface area contributed by atoms with Crippen molar-refractivity contribution in [3.63, 3.8) is 0 Å². The van der Waals surface area contributed by atoms with E-state index in [4.69, 9.17) is 5.48 Å². The van der Waals surface area contributed by atoms with Crippen molar-refractivity contribution < 1.29 is 5.48 Å². The Hall–Kier alpha value is -1.56. The Morgan fingerprint density at radius 1 is 0.864 bits per heavy atom. The molecule has 1 aliphatic rings. The molecule has 0 heteroatoms. The SMILES string of the molecule is [2H]c1c([2H])c(-c2ccccc2)c([2H])c([2H])c1CCC1CCC(CC)CC1. The minimum absolute atomic E-state index is 0.0851. The smallest absolute Gasteiger partial charge is 0.0629 e. The van der Waals surface area contributed by atoms with Crippen molar-refractivity contribution in [2.45, 2.75) is 51.9 Å². The van der Waals surface area contributed by atoms with Crippen LogP contribution in [0.1, 0.15) is 56.5 Å². The van der Waals surface area contributed by atoms with Crippen molar-refractivity contribution in [1.82, 2.24) is 0 Å². The molecule has 0 nitrogen and oxygen atoms in total. The van der Waals surface area contributed by atoms with E-state index < -0.39 is 0 Å². The Bertz CT molecular complexity index is 717. The van der Waals surface area contributed by atoms with E-state index in [0.29, 0.717) is 23.5 Å². The van der Waals surface area contributed by atoms with Crippen LogP contribution in [0.2, 0.25) is 0 Å². The first kappa shape index (κ1) is 11.0. The summed E-state index contributed by atoms with van der Waals surface area (Å²) in [6.07, 6.45) is 7.95. The Labute approximate surface area is 141 Å². The van der Waals surface area contributed by atoms with Crippen LogP contribution in [0.3, 0.4) is 0 Å². The zero-order chi connectivity index (χ0) is 18.7. The molecule has 3 rings (SSSR count). The Morgan fingerprint density at radius 2 is 1.50 bits per heavy atom. The molecule has 0 amide bonds. The first-order valence-corrected chi connectivity index (χ1v) is 8.67. The van der Waals surface area contributed by atoms with Crippen molar-refractivity contribution >= 4 is 0 Å². The number of hydrogen-bond acceptors (Lipinski definition) is 0.